The molecular formula is C18H13ClFN3O2. The number of aromatic nitrogens is 2. The molecule has 0 aliphatic carbocycles. The number of hydrogen-bond acceptors (Lipinski definition) is 3. The predicted octanol–water partition coefficient (Wildman–Crippen LogP) is 3.59. The number of nitrogens with one attached hydrogen (secondary N) is 1. The molecule has 0 radical (unpaired) electrons. The van der Waals surface area contributed by atoms with Gasteiger partial charge in [0.15, 0.2) is 11.5 Å². The van der Waals surface area contributed by atoms with Crippen molar-refractivity contribution in [1.29, 1.82) is 0 Å². The third-order valence-corrected chi connectivity index (χ3v) is 3.81. The maximum atomic E-state index is 14.3. The minimum absolute atomic E-state index is 0.0544. The fourth-order valence-corrected chi connectivity index (χ4v) is 2.49. The zero-order valence-corrected chi connectivity index (χ0v) is 13.9. The number of nitrogens with zero attached hydrogens (tertiary/aromatic N) is 2. The summed E-state index contributed by atoms with van der Waals surface area (Å²) in [5.41, 5.74) is 0.0643. The van der Waals surface area contributed by atoms with Crippen LogP contribution in [0, 0.1) is 12.7 Å². The van der Waals surface area contributed by atoms with Gasteiger partial charge in [-0.25, -0.2) is 9.07 Å². The Balaban J connectivity index is 2.06. The number of halogens is 2. The third-order valence-electron chi connectivity index (χ3n) is 3.51. The van der Waals surface area contributed by atoms with Gasteiger partial charge in [-0.05, 0) is 31.2 Å². The molecule has 3 rings (SSSR count). The summed E-state index contributed by atoms with van der Waals surface area (Å²) in [5, 5.41) is 6.55. The molecule has 0 atom stereocenters. The molecule has 1 N–H and O–H groups in total. The van der Waals surface area contributed by atoms with Crippen LogP contribution in [0.2, 0.25) is 5.02 Å². The number of carbonyl (C=O) groups is 1. The van der Waals surface area contributed by atoms with Gasteiger partial charge in [0, 0.05) is 17.4 Å². The molecule has 7 heteroatoms. The van der Waals surface area contributed by atoms with E-state index in [0.717, 1.165) is 0 Å². The van der Waals surface area contributed by atoms with Gasteiger partial charge in [-0.3, -0.25) is 9.59 Å². The number of aryl methyl sites for hydroxylation is 1. The molecule has 0 spiro atoms. The Bertz CT molecular complexity index is 1000. The van der Waals surface area contributed by atoms with Gasteiger partial charge in [-0.1, -0.05) is 35.9 Å². The van der Waals surface area contributed by atoms with Crippen LogP contribution in [0.5, 0.6) is 0 Å². The number of anilines is 1. The molecule has 0 bridgehead atoms. The van der Waals surface area contributed by atoms with Crippen LogP contribution in [-0.4, -0.2) is 15.7 Å². The van der Waals surface area contributed by atoms with Crippen LogP contribution in [0.1, 0.15) is 16.2 Å². The molecule has 0 aliphatic rings. The summed E-state index contributed by atoms with van der Waals surface area (Å²) in [6.07, 6.45) is 0. The maximum Gasteiger partial charge on any atom is 0.280 e. The molecule has 3 aromatic rings. The van der Waals surface area contributed by atoms with E-state index in [1.807, 2.05) is 0 Å². The number of carbonyl (C=O) groups excluding carboxylic acids is 1. The molecular weight excluding hydrogens is 345 g/mol. The third kappa shape index (κ3) is 3.44. The second-order valence-corrected chi connectivity index (χ2v) is 5.71. The van der Waals surface area contributed by atoms with Crippen molar-refractivity contribution in [1.82, 2.24) is 9.78 Å². The minimum atomic E-state index is -0.683. The Morgan fingerprint density at radius 1 is 1.16 bits per heavy atom. The summed E-state index contributed by atoms with van der Waals surface area (Å²) in [6.45, 7) is 1.59. The van der Waals surface area contributed by atoms with Crippen molar-refractivity contribution in [3.05, 3.63) is 87.0 Å². The van der Waals surface area contributed by atoms with Gasteiger partial charge in [-0.15, -0.1) is 0 Å². The van der Waals surface area contributed by atoms with Crippen LogP contribution in [-0.2, 0) is 0 Å². The number of rotatable bonds is 3. The molecule has 1 amide bonds. The van der Waals surface area contributed by atoms with Crippen molar-refractivity contribution in [2.75, 3.05) is 5.32 Å². The summed E-state index contributed by atoms with van der Waals surface area (Å²) in [6, 6.07) is 14.3. The highest BCUT2D eigenvalue weighted by Gasteiger charge is 2.17. The first kappa shape index (κ1) is 16.9. The van der Waals surface area contributed by atoms with E-state index in [-0.39, 0.29) is 16.4 Å². The molecule has 2 aromatic carbocycles. The predicted molar refractivity (Wildman–Crippen MR) is 93.9 cm³/mol. The molecule has 0 saturated heterocycles. The number of para-hydroxylation sites is 1. The van der Waals surface area contributed by atoms with Crippen LogP contribution in [0.15, 0.2) is 59.4 Å². The van der Waals surface area contributed by atoms with E-state index in [4.69, 9.17) is 11.6 Å². The first-order valence-corrected chi connectivity index (χ1v) is 7.77. The first-order chi connectivity index (χ1) is 12.0. The van der Waals surface area contributed by atoms with Crippen molar-refractivity contribution >= 4 is 23.2 Å². The minimum Gasteiger partial charge on any atom is -0.320 e. The largest absolute Gasteiger partial charge is 0.320 e. The van der Waals surface area contributed by atoms with E-state index < -0.39 is 17.2 Å². The standard InChI is InChI=1S/C18H13ClFN3O2/c1-11-10-15(24)17(18(25)21-12-6-3-2-4-7-12)22-23(11)14-9-5-8-13(19)16(14)20/h2-10H,1H3,(H,21,25). The van der Waals surface area contributed by atoms with Crippen LogP contribution >= 0.6 is 11.6 Å². The summed E-state index contributed by atoms with van der Waals surface area (Å²) in [5.74, 6) is -1.36. The number of amides is 1. The SMILES string of the molecule is Cc1cc(=O)c(C(=O)Nc2ccccc2)nn1-c1cccc(Cl)c1F. The van der Waals surface area contributed by atoms with Gasteiger partial charge in [0.2, 0.25) is 5.43 Å². The van der Waals surface area contributed by atoms with E-state index in [1.54, 1.807) is 43.3 Å². The van der Waals surface area contributed by atoms with E-state index in [9.17, 15) is 14.0 Å². The highest BCUT2D eigenvalue weighted by Crippen LogP contribution is 2.21. The Kier molecular flexibility index (Phi) is 4.63. The lowest BCUT2D eigenvalue weighted by Crippen LogP contribution is -2.27. The summed E-state index contributed by atoms with van der Waals surface area (Å²) in [4.78, 5) is 24.5. The molecule has 0 fully saturated rings. The average molecular weight is 358 g/mol. The van der Waals surface area contributed by atoms with Crippen molar-refractivity contribution < 1.29 is 9.18 Å². The highest BCUT2D eigenvalue weighted by molar-refractivity contribution is 6.30. The zero-order chi connectivity index (χ0) is 18.0. The summed E-state index contributed by atoms with van der Waals surface area (Å²) >= 11 is 5.80. The lowest BCUT2D eigenvalue weighted by Gasteiger charge is -2.12. The Hall–Kier alpha value is -2.99. The first-order valence-electron chi connectivity index (χ1n) is 7.39. The zero-order valence-electron chi connectivity index (χ0n) is 13.2. The molecule has 1 heterocycles. The van der Waals surface area contributed by atoms with E-state index >= 15 is 0 Å². The van der Waals surface area contributed by atoms with Crippen LogP contribution in [0.3, 0.4) is 0 Å². The van der Waals surface area contributed by atoms with Gasteiger partial charge in [0.1, 0.15) is 5.69 Å². The summed E-state index contributed by atoms with van der Waals surface area (Å²) < 4.78 is 15.5. The normalized spacial score (nSPS) is 10.5. The number of hydrogen-bond donors (Lipinski definition) is 1. The topological polar surface area (TPSA) is 64.0 Å². The smallest absolute Gasteiger partial charge is 0.280 e. The Labute approximate surface area is 147 Å². The molecule has 5 nitrogen and oxygen atoms in total. The van der Waals surface area contributed by atoms with Crippen molar-refractivity contribution in [2.45, 2.75) is 6.92 Å². The van der Waals surface area contributed by atoms with Gasteiger partial charge in [0.05, 0.1) is 5.02 Å². The van der Waals surface area contributed by atoms with Gasteiger partial charge >= 0.3 is 0 Å². The van der Waals surface area contributed by atoms with Crippen molar-refractivity contribution in [3.63, 3.8) is 0 Å². The molecule has 0 saturated carbocycles. The molecule has 25 heavy (non-hydrogen) atoms. The van der Waals surface area contributed by atoms with E-state index in [2.05, 4.69) is 10.4 Å². The Morgan fingerprint density at radius 2 is 1.88 bits per heavy atom. The van der Waals surface area contributed by atoms with Crippen molar-refractivity contribution in [3.8, 4) is 5.69 Å². The molecule has 0 aliphatic heterocycles. The molecule has 1 aromatic heterocycles. The Morgan fingerprint density at radius 3 is 2.60 bits per heavy atom. The maximum absolute atomic E-state index is 14.3. The second kappa shape index (κ2) is 6.86. The quantitative estimate of drug-likeness (QED) is 0.779. The fourth-order valence-electron chi connectivity index (χ4n) is 2.32. The number of benzene rings is 2. The lowest BCUT2D eigenvalue weighted by atomic mass is 10.2. The van der Waals surface area contributed by atoms with Crippen LogP contribution in [0.4, 0.5) is 10.1 Å². The van der Waals surface area contributed by atoms with Crippen LogP contribution in [0.25, 0.3) is 5.69 Å². The lowest BCUT2D eigenvalue weighted by molar-refractivity contribution is 0.101. The van der Waals surface area contributed by atoms with Gasteiger partial charge in [0.25, 0.3) is 5.91 Å². The van der Waals surface area contributed by atoms with Gasteiger partial charge < -0.3 is 5.32 Å². The molecule has 126 valence electrons. The summed E-state index contributed by atoms with van der Waals surface area (Å²) in [7, 11) is 0. The van der Waals surface area contributed by atoms with Crippen molar-refractivity contribution in [2.24, 2.45) is 0 Å². The van der Waals surface area contributed by atoms with Crippen LogP contribution < -0.4 is 10.7 Å². The highest BCUT2D eigenvalue weighted by atomic mass is 35.5. The fraction of sp³-hybridized carbons (Fsp3) is 0.0556. The second-order valence-electron chi connectivity index (χ2n) is 5.30. The van der Waals surface area contributed by atoms with E-state index in [0.29, 0.717) is 11.4 Å². The average Bonchev–Trinajstić information content (AvgIpc) is 2.59. The van der Waals surface area contributed by atoms with Gasteiger partial charge in [-0.2, -0.15) is 5.10 Å². The monoisotopic (exact) mass is 357 g/mol. The van der Waals surface area contributed by atoms with E-state index in [1.165, 1.54) is 22.9 Å². The molecule has 0 unspecified atom stereocenters.